The Morgan fingerprint density at radius 2 is 1.81 bits per heavy atom. The second-order valence-corrected chi connectivity index (χ2v) is 19.8. The summed E-state index contributed by atoms with van der Waals surface area (Å²) >= 11 is 7.13. The van der Waals surface area contributed by atoms with Crippen molar-refractivity contribution in [3.05, 3.63) is 53.7 Å². The first-order valence-electron chi connectivity index (χ1n) is 15.5. The lowest BCUT2D eigenvalue weighted by Crippen LogP contribution is -2.43. The normalized spacial score (nSPS) is 20.6. The van der Waals surface area contributed by atoms with Crippen LogP contribution in [0, 0.1) is 5.92 Å². The number of piperidine rings is 1. The minimum atomic E-state index is -1.20. The zero-order valence-corrected chi connectivity index (χ0v) is 27.6. The van der Waals surface area contributed by atoms with E-state index in [9.17, 15) is 0 Å². The first-order valence-corrected chi connectivity index (χ1v) is 19.6. The molecule has 0 N–H and O–H groups in total. The molecule has 0 spiro atoms. The summed E-state index contributed by atoms with van der Waals surface area (Å²) in [4.78, 5) is 12.9. The molecule has 2 aliphatic heterocycles. The molecule has 2 aliphatic rings. The summed E-state index contributed by atoms with van der Waals surface area (Å²) in [5.41, 5.74) is 5.38. The fourth-order valence-corrected chi connectivity index (χ4v) is 8.00. The first kappa shape index (κ1) is 28.6. The number of hydrogen-bond donors (Lipinski definition) is 0. The van der Waals surface area contributed by atoms with Crippen molar-refractivity contribution in [2.45, 2.75) is 83.7 Å². The molecule has 0 aliphatic carbocycles. The van der Waals surface area contributed by atoms with Crippen molar-refractivity contribution >= 4 is 47.6 Å². The fraction of sp³-hybridized carbons (Fsp3) is 0.500. The zero-order valence-electron chi connectivity index (χ0n) is 25.8. The number of benzene rings is 1. The minimum absolute atomic E-state index is 0.435. The van der Waals surface area contributed by atoms with Gasteiger partial charge in [0.15, 0.2) is 5.65 Å². The third-order valence-electron chi connectivity index (χ3n) is 9.07. The summed E-state index contributed by atoms with van der Waals surface area (Å²) in [7, 11) is 0.723. The molecule has 43 heavy (non-hydrogen) atoms. The van der Waals surface area contributed by atoms with Gasteiger partial charge < -0.3 is 14.2 Å². The summed E-state index contributed by atoms with van der Waals surface area (Å²) in [5, 5.41) is 10.8. The highest BCUT2D eigenvalue weighted by Gasteiger charge is 2.40. The Balaban J connectivity index is 1.26. The van der Waals surface area contributed by atoms with Crippen LogP contribution in [0.25, 0.3) is 33.2 Å². The molecule has 1 unspecified atom stereocenters. The molecule has 2 saturated heterocycles. The molecule has 1 aromatic carbocycles. The van der Waals surface area contributed by atoms with Crippen molar-refractivity contribution in [2.24, 2.45) is 13.0 Å². The summed E-state index contributed by atoms with van der Waals surface area (Å²) in [5.74, 6) is 1.75. The number of nitrogens with zero attached hydrogens (tertiary/aromatic N) is 8. The molecular weight excluding hydrogens is 576 g/mol. The van der Waals surface area contributed by atoms with Gasteiger partial charge in [-0.3, -0.25) is 9.36 Å². The SMILES string of the molecule is CC1C[C@H]2CC[C@@H](C1)N2c1cnc2c(-c3ccc4nn(Cc5ccn(C)n5)cc4c3Cl)cn(COCC[Si](C)(C)C)c2n1. The Morgan fingerprint density at radius 1 is 1.02 bits per heavy atom. The third-order valence-corrected chi connectivity index (χ3v) is 11.2. The second-order valence-electron chi connectivity index (χ2n) is 13.8. The lowest BCUT2D eigenvalue weighted by Gasteiger charge is -2.38. The van der Waals surface area contributed by atoms with Crippen LogP contribution in [0.3, 0.4) is 0 Å². The molecule has 0 saturated carbocycles. The monoisotopic (exact) mass is 616 g/mol. The molecule has 7 rings (SSSR count). The topological polar surface area (TPSA) is 78.8 Å². The number of ether oxygens (including phenoxy) is 1. The van der Waals surface area contributed by atoms with E-state index in [-0.39, 0.29) is 0 Å². The lowest BCUT2D eigenvalue weighted by atomic mass is 9.92. The van der Waals surface area contributed by atoms with E-state index in [1.807, 2.05) is 42.5 Å². The molecule has 2 fully saturated rings. The zero-order chi connectivity index (χ0) is 29.9. The van der Waals surface area contributed by atoms with Crippen molar-refractivity contribution < 1.29 is 4.74 Å². The first-order chi connectivity index (χ1) is 20.6. The molecule has 9 nitrogen and oxygen atoms in total. The van der Waals surface area contributed by atoms with Crippen molar-refractivity contribution in [2.75, 3.05) is 11.5 Å². The van der Waals surface area contributed by atoms with Gasteiger partial charge in [-0.05, 0) is 49.8 Å². The molecule has 0 radical (unpaired) electrons. The van der Waals surface area contributed by atoms with E-state index in [0.29, 0.717) is 30.4 Å². The van der Waals surface area contributed by atoms with Gasteiger partial charge in [-0.15, -0.1) is 0 Å². The van der Waals surface area contributed by atoms with Crippen LogP contribution in [0.4, 0.5) is 5.82 Å². The van der Waals surface area contributed by atoms with Crippen LogP contribution in [0.15, 0.2) is 43.0 Å². The van der Waals surface area contributed by atoms with Gasteiger partial charge in [-0.1, -0.05) is 44.2 Å². The number of aromatic nitrogens is 7. The smallest absolute Gasteiger partial charge is 0.163 e. The van der Waals surface area contributed by atoms with E-state index < -0.39 is 8.07 Å². The van der Waals surface area contributed by atoms with Gasteiger partial charge in [-0.25, -0.2) is 9.97 Å². The van der Waals surface area contributed by atoms with E-state index >= 15 is 0 Å². The highest BCUT2D eigenvalue weighted by molar-refractivity contribution is 6.76. The van der Waals surface area contributed by atoms with E-state index in [2.05, 4.69) is 53.4 Å². The molecule has 226 valence electrons. The van der Waals surface area contributed by atoms with E-state index in [1.54, 1.807) is 4.68 Å². The van der Waals surface area contributed by atoms with Gasteiger partial charge in [0.25, 0.3) is 0 Å². The summed E-state index contributed by atoms with van der Waals surface area (Å²) in [6, 6.07) is 8.31. The van der Waals surface area contributed by atoms with Crippen LogP contribution in [-0.2, 0) is 25.1 Å². The van der Waals surface area contributed by atoms with Crippen LogP contribution in [0.1, 0.15) is 38.3 Å². The summed E-state index contributed by atoms with van der Waals surface area (Å²) < 4.78 is 12.1. The molecule has 11 heteroatoms. The maximum absolute atomic E-state index is 7.13. The van der Waals surface area contributed by atoms with Crippen molar-refractivity contribution in [1.82, 2.24) is 34.1 Å². The van der Waals surface area contributed by atoms with Crippen LogP contribution in [-0.4, -0.2) is 60.9 Å². The van der Waals surface area contributed by atoms with Crippen molar-refractivity contribution in [3.63, 3.8) is 0 Å². The predicted molar refractivity (Wildman–Crippen MR) is 175 cm³/mol. The number of hydrogen-bond acceptors (Lipinski definition) is 6. The van der Waals surface area contributed by atoms with Gasteiger partial charge in [0.1, 0.15) is 18.1 Å². The van der Waals surface area contributed by atoms with Crippen molar-refractivity contribution in [1.29, 1.82) is 0 Å². The van der Waals surface area contributed by atoms with Gasteiger partial charge in [0.05, 0.1) is 29.0 Å². The average molecular weight is 617 g/mol. The number of fused-ring (bicyclic) bond motifs is 4. The highest BCUT2D eigenvalue weighted by Crippen LogP contribution is 2.42. The predicted octanol–water partition coefficient (Wildman–Crippen LogP) is 6.96. The molecule has 6 heterocycles. The van der Waals surface area contributed by atoms with Gasteiger partial charge in [0.2, 0.25) is 0 Å². The minimum Gasteiger partial charge on any atom is -0.361 e. The Kier molecular flexibility index (Phi) is 7.34. The number of halogens is 1. The lowest BCUT2D eigenvalue weighted by molar-refractivity contribution is 0.0899. The highest BCUT2D eigenvalue weighted by atomic mass is 35.5. The van der Waals surface area contributed by atoms with Crippen molar-refractivity contribution in [3.8, 4) is 11.1 Å². The van der Waals surface area contributed by atoms with Crippen LogP contribution >= 0.6 is 11.6 Å². The number of anilines is 1. The molecule has 4 aromatic heterocycles. The number of rotatable bonds is 9. The molecule has 3 atom stereocenters. The Hall–Kier alpha value is -3.21. The molecule has 2 bridgehead atoms. The number of aryl methyl sites for hydroxylation is 1. The largest absolute Gasteiger partial charge is 0.361 e. The van der Waals surface area contributed by atoms with Crippen LogP contribution in [0.5, 0.6) is 0 Å². The summed E-state index contributed by atoms with van der Waals surface area (Å²) in [6.45, 7) is 11.3. The summed E-state index contributed by atoms with van der Waals surface area (Å²) in [6.07, 6.45) is 13.0. The molecular formula is C32H41ClN8OSi. The van der Waals surface area contributed by atoms with E-state index in [4.69, 9.17) is 31.4 Å². The molecule has 0 amide bonds. The Morgan fingerprint density at radius 3 is 2.53 bits per heavy atom. The quantitative estimate of drug-likeness (QED) is 0.132. The van der Waals surface area contributed by atoms with E-state index in [0.717, 1.165) is 63.3 Å². The maximum atomic E-state index is 7.13. The maximum Gasteiger partial charge on any atom is 0.163 e. The molecule has 5 aromatic rings. The third kappa shape index (κ3) is 5.60. The van der Waals surface area contributed by atoms with Gasteiger partial charge >= 0.3 is 0 Å². The Labute approximate surface area is 258 Å². The average Bonchev–Trinajstić information content (AvgIpc) is 3.71. The van der Waals surface area contributed by atoms with Crippen LogP contribution in [0.2, 0.25) is 30.7 Å². The Bertz CT molecular complexity index is 1770. The van der Waals surface area contributed by atoms with E-state index in [1.165, 1.54) is 25.7 Å². The standard InChI is InChI=1S/C32H41ClN8OSi/c1-21-14-23-6-7-24(15-21)41(23)29-16-34-31-26(18-39(32(31)35-29)20-42-12-13-43(3,4)5)25-8-9-28-27(30(25)33)19-40(37-28)17-22-10-11-38(2)36-22/h8-11,16,18-19,21,23-24H,6-7,12-15,17,20H2,1-5H3/t21?,23-,24+. The van der Waals surface area contributed by atoms with Gasteiger partial charge in [0, 0.05) is 68.9 Å². The van der Waals surface area contributed by atoms with Crippen LogP contribution < -0.4 is 4.90 Å². The van der Waals surface area contributed by atoms with Gasteiger partial charge in [-0.2, -0.15) is 10.2 Å². The second kappa shape index (κ2) is 11.1. The fourth-order valence-electron chi connectivity index (χ4n) is 6.93.